The van der Waals surface area contributed by atoms with Crippen molar-refractivity contribution < 1.29 is 23.0 Å². The summed E-state index contributed by atoms with van der Waals surface area (Å²) in [7, 11) is 0. The Morgan fingerprint density at radius 2 is 2.22 bits per heavy atom. The van der Waals surface area contributed by atoms with Gasteiger partial charge in [-0.1, -0.05) is 12.1 Å². The van der Waals surface area contributed by atoms with Crippen molar-refractivity contribution in [3.05, 3.63) is 23.8 Å². The van der Waals surface area contributed by atoms with E-state index in [9.17, 15) is 8.78 Å². The fourth-order valence-electron chi connectivity index (χ4n) is 2.18. The quantitative estimate of drug-likeness (QED) is 0.872. The van der Waals surface area contributed by atoms with Gasteiger partial charge in [0.25, 0.3) is 0 Å². The second-order valence-electron chi connectivity index (χ2n) is 4.31. The highest BCUT2D eigenvalue weighted by Crippen LogP contribution is 2.43. The minimum atomic E-state index is -3.57. The lowest BCUT2D eigenvalue weighted by Gasteiger charge is -2.23. The molecular weight excluding hydrogens is 244 g/mol. The standard InChI is InChI=1S/C12H13F2NO3/c13-12(14)17-10-3-1-2-8(11(10)18-12)6-9-7-15-4-5-16-9/h1-3,9,15H,4-7H2. The zero-order chi connectivity index (χ0) is 12.6. The van der Waals surface area contributed by atoms with Crippen LogP contribution in [0.3, 0.4) is 0 Å². The van der Waals surface area contributed by atoms with Crippen molar-refractivity contribution in [3.8, 4) is 11.5 Å². The van der Waals surface area contributed by atoms with Gasteiger partial charge in [0, 0.05) is 25.1 Å². The Bertz CT molecular complexity index is 447. The maximum atomic E-state index is 13.0. The molecule has 6 heteroatoms. The molecule has 0 saturated carbocycles. The molecule has 1 unspecified atom stereocenters. The Balaban J connectivity index is 1.79. The fourth-order valence-corrected chi connectivity index (χ4v) is 2.18. The number of ether oxygens (including phenoxy) is 3. The first-order valence-electron chi connectivity index (χ1n) is 5.84. The molecule has 2 aliphatic rings. The zero-order valence-corrected chi connectivity index (χ0v) is 9.62. The van der Waals surface area contributed by atoms with Gasteiger partial charge in [-0.05, 0) is 6.07 Å². The highest BCUT2D eigenvalue weighted by atomic mass is 19.3. The molecule has 0 spiro atoms. The maximum absolute atomic E-state index is 13.0. The third-order valence-electron chi connectivity index (χ3n) is 2.96. The molecule has 1 saturated heterocycles. The summed E-state index contributed by atoms with van der Waals surface area (Å²) < 4.78 is 40.5. The van der Waals surface area contributed by atoms with E-state index in [2.05, 4.69) is 14.8 Å². The number of rotatable bonds is 2. The topological polar surface area (TPSA) is 39.7 Å². The molecule has 2 heterocycles. The Hall–Kier alpha value is -1.40. The molecule has 3 rings (SSSR count). The average Bonchev–Trinajstić information content (AvgIpc) is 2.66. The van der Waals surface area contributed by atoms with Crippen LogP contribution in [0.15, 0.2) is 18.2 Å². The minimum Gasteiger partial charge on any atom is -0.395 e. The van der Waals surface area contributed by atoms with Gasteiger partial charge in [-0.25, -0.2) is 0 Å². The smallest absolute Gasteiger partial charge is 0.395 e. The van der Waals surface area contributed by atoms with Crippen LogP contribution in [0.2, 0.25) is 0 Å². The molecule has 0 bridgehead atoms. The molecule has 1 atom stereocenters. The van der Waals surface area contributed by atoms with Gasteiger partial charge >= 0.3 is 6.29 Å². The highest BCUT2D eigenvalue weighted by molar-refractivity contribution is 5.49. The van der Waals surface area contributed by atoms with Crippen molar-refractivity contribution in [1.82, 2.24) is 5.32 Å². The van der Waals surface area contributed by atoms with E-state index in [1.54, 1.807) is 12.1 Å². The molecule has 1 fully saturated rings. The van der Waals surface area contributed by atoms with E-state index in [4.69, 9.17) is 4.74 Å². The molecule has 98 valence electrons. The SMILES string of the molecule is FC1(F)Oc2cccc(CC3CNCCO3)c2O1. The number of morpholine rings is 1. The lowest BCUT2D eigenvalue weighted by atomic mass is 10.1. The predicted molar refractivity (Wildman–Crippen MR) is 59.0 cm³/mol. The van der Waals surface area contributed by atoms with Gasteiger partial charge < -0.3 is 19.5 Å². The molecular formula is C12H13F2NO3. The summed E-state index contributed by atoms with van der Waals surface area (Å²) in [5.74, 6) is 0.206. The third-order valence-corrected chi connectivity index (χ3v) is 2.96. The van der Waals surface area contributed by atoms with E-state index in [0.29, 0.717) is 25.1 Å². The molecule has 4 nitrogen and oxygen atoms in total. The van der Waals surface area contributed by atoms with Crippen LogP contribution in [0.25, 0.3) is 0 Å². The monoisotopic (exact) mass is 257 g/mol. The number of alkyl halides is 2. The van der Waals surface area contributed by atoms with Gasteiger partial charge in [0.1, 0.15) is 0 Å². The van der Waals surface area contributed by atoms with Gasteiger partial charge in [0.05, 0.1) is 12.7 Å². The van der Waals surface area contributed by atoms with Crippen LogP contribution in [0.1, 0.15) is 5.56 Å². The van der Waals surface area contributed by atoms with Gasteiger partial charge in [0.15, 0.2) is 11.5 Å². The van der Waals surface area contributed by atoms with Crippen molar-refractivity contribution >= 4 is 0 Å². The summed E-state index contributed by atoms with van der Waals surface area (Å²) in [6, 6.07) is 4.90. The summed E-state index contributed by atoms with van der Waals surface area (Å²) in [6.45, 7) is 2.16. The van der Waals surface area contributed by atoms with Crippen molar-refractivity contribution in [2.75, 3.05) is 19.7 Å². The summed E-state index contributed by atoms with van der Waals surface area (Å²) in [5.41, 5.74) is 0.679. The first-order valence-corrected chi connectivity index (χ1v) is 5.84. The van der Waals surface area contributed by atoms with Gasteiger partial charge in [-0.3, -0.25) is 0 Å². The molecule has 1 aromatic carbocycles. The van der Waals surface area contributed by atoms with Gasteiger partial charge in [0.2, 0.25) is 0 Å². The molecule has 0 amide bonds. The lowest BCUT2D eigenvalue weighted by molar-refractivity contribution is -0.287. The Morgan fingerprint density at radius 3 is 3.00 bits per heavy atom. The lowest BCUT2D eigenvalue weighted by Crippen LogP contribution is -2.39. The molecule has 1 aromatic rings. The zero-order valence-electron chi connectivity index (χ0n) is 9.62. The van der Waals surface area contributed by atoms with Crippen LogP contribution in [0.5, 0.6) is 11.5 Å². The van der Waals surface area contributed by atoms with Crippen LogP contribution in [-0.4, -0.2) is 32.1 Å². The largest absolute Gasteiger partial charge is 0.586 e. The van der Waals surface area contributed by atoms with E-state index in [-0.39, 0.29) is 17.6 Å². The van der Waals surface area contributed by atoms with Crippen molar-refractivity contribution in [2.24, 2.45) is 0 Å². The molecule has 0 aliphatic carbocycles. The van der Waals surface area contributed by atoms with E-state index in [1.807, 2.05) is 0 Å². The first-order chi connectivity index (χ1) is 8.64. The number of fused-ring (bicyclic) bond motifs is 1. The van der Waals surface area contributed by atoms with Crippen molar-refractivity contribution in [3.63, 3.8) is 0 Å². The number of para-hydroxylation sites is 1. The fraction of sp³-hybridized carbons (Fsp3) is 0.500. The van der Waals surface area contributed by atoms with Crippen LogP contribution in [-0.2, 0) is 11.2 Å². The summed E-state index contributed by atoms with van der Waals surface area (Å²) in [4.78, 5) is 0. The maximum Gasteiger partial charge on any atom is 0.586 e. The van der Waals surface area contributed by atoms with E-state index < -0.39 is 6.29 Å². The number of halogens is 2. The van der Waals surface area contributed by atoms with Crippen LogP contribution in [0, 0.1) is 0 Å². The Morgan fingerprint density at radius 1 is 1.33 bits per heavy atom. The van der Waals surface area contributed by atoms with Crippen molar-refractivity contribution in [1.29, 1.82) is 0 Å². The van der Waals surface area contributed by atoms with Crippen LogP contribution >= 0.6 is 0 Å². The van der Waals surface area contributed by atoms with Gasteiger partial charge in [-0.2, -0.15) is 0 Å². The van der Waals surface area contributed by atoms with Crippen LogP contribution < -0.4 is 14.8 Å². The second-order valence-corrected chi connectivity index (χ2v) is 4.31. The minimum absolute atomic E-state index is 0.0249. The van der Waals surface area contributed by atoms with Gasteiger partial charge in [-0.15, -0.1) is 8.78 Å². The molecule has 0 aromatic heterocycles. The highest BCUT2D eigenvalue weighted by Gasteiger charge is 2.44. The third kappa shape index (κ3) is 2.26. The summed E-state index contributed by atoms with van der Waals surface area (Å²) >= 11 is 0. The summed E-state index contributed by atoms with van der Waals surface area (Å²) in [6.07, 6.45) is -3.07. The molecule has 18 heavy (non-hydrogen) atoms. The normalized spacial score (nSPS) is 25.1. The van der Waals surface area contributed by atoms with Crippen molar-refractivity contribution in [2.45, 2.75) is 18.8 Å². The molecule has 2 aliphatic heterocycles. The number of benzene rings is 1. The Kier molecular flexibility index (Phi) is 2.83. The number of hydrogen-bond acceptors (Lipinski definition) is 4. The van der Waals surface area contributed by atoms with E-state index in [1.165, 1.54) is 6.07 Å². The Labute approximate surface area is 103 Å². The van der Waals surface area contributed by atoms with Crippen LogP contribution in [0.4, 0.5) is 8.78 Å². The van der Waals surface area contributed by atoms with E-state index in [0.717, 1.165) is 6.54 Å². The number of nitrogens with one attached hydrogen (secondary N) is 1. The second kappa shape index (κ2) is 4.37. The number of hydrogen-bond donors (Lipinski definition) is 1. The molecule has 1 N–H and O–H groups in total. The van der Waals surface area contributed by atoms with E-state index >= 15 is 0 Å². The average molecular weight is 257 g/mol. The molecule has 0 radical (unpaired) electrons. The first kappa shape index (κ1) is 11.7. The summed E-state index contributed by atoms with van der Waals surface area (Å²) in [5, 5.41) is 3.19. The predicted octanol–water partition coefficient (Wildman–Crippen LogP) is 1.54.